The maximum Gasteiger partial charge on any atom is 0.179 e. The molecule has 15 heavy (non-hydrogen) atoms. The van der Waals surface area contributed by atoms with Crippen LogP contribution in [0.3, 0.4) is 0 Å². The molecule has 0 aliphatic heterocycles. The summed E-state index contributed by atoms with van der Waals surface area (Å²) in [5, 5.41) is 0.374. The first kappa shape index (κ1) is 12.3. The second kappa shape index (κ2) is 5.38. The minimum absolute atomic E-state index is 0.0654. The third-order valence-electron chi connectivity index (χ3n) is 1.73. The van der Waals surface area contributed by atoms with Gasteiger partial charge in [-0.2, -0.15) is 0 Å². The van der Waals surface area contributed by atoms with E-state index >= 15 is 0 Å². The van der Waals surface area contributed by atoms with Gasteiger partial charge in [-0.05, 0) is 32.0 Å². The largest absolute Gasteiger partial charge is 0.491 e. The molecule has 1 rings (SSSR count). The molecule has 0 fully saturated rings. The highest BCUT2D eigenvalue weighted by atomic mass is 35.5. The van der Waals surface area contributed by atoms with Crippen molar-refractivity contribution >= 4 is 29.0 Å². The molecule has 0 saturated heterocycles. The van der Waals surface area contributed by atoms with Gasteiger partial charge in [-0.25, -0.2) is 0 Å². The number of hydrogen-bond donors (Lipinski definition) is 0. The summed E-state index contributed by atoms with van der Waals surface area (Å²) in [5.74, 6) is 0.406. The van der Waals surface area contributed by atoms with E-state index in [1.807, 2.05) is 13.8 Å². The lowest BCUT2D eigenvalue weighted by Crippen LogP contribution is -2.06. The number of ether oxygens (including phenoxy) is 1. The van der Waals surface area contributed by atoms with Crippen molar-refractivity contribution in [2.24, 2.45) is 0 Å². The summed E-state index contributed by atoms with van der Waals surface area (Å²) in [7, 11) is 0. The third-order valence-corrected chi connectivity index (χ3v) is 2.29. The summed E-state index contributed by atoms with van der Waals surface area (Å²) in [6.07, 6.45) is 0.0793. The normalized spacial score (nSPS) is 10.5. The second-order valence-corrected chi connectivity index (χ2v) is 4.04. The van der Waals surface area contributed by atoms with Crippen molar-refractivity contribution in [3.05, 3.63) is 28.8 Å². The van der Waals surface area contributed by atoms with E-state index in [-0.39, 0.29) is 17.8 Å². The predicted octanol–water partition coefficient (Wildman–Crippen LogP) is 3.55. The molecule has 0 aliphatic carbocycles. The van der Waals surface area contributed by atoms with Crippen molar-refractivity contribution in [1.29, 1.82) is 0 Å². The van der Waals surface area contributed by atoms with Crippen molar-refractivity contribution in [1.82, 2.24) is 0 Å². The number of halogens is 2. The van der Waals surface area contributed by atoms with Crippen LogP contribution < -0.4 is 4.74 Å². The van der Waals surface area contributed by atoms with Gasteiger partial charge in [-0.1, -0.05) is 11.6 Å². The van der Waals surface area contributed by atoms with E-state index in [4.69, 9.17) is 27.9 Å². The summed E-state index contributed by atoms with van der Waals surface area (Å²) in [4.78, 5) is 11.3. The van der Waals surface area contributed by atoms with Crippen LogP contribution in [0.25, 0.3) is 0 Å². The molecular formula is C11H12Cl2O2. The van der Waals surface area contributed by atoms with Crippen LogP contribution in [-0.4, -0.2) is 17.8 Å². The van der Waals surface area contributed by atoms with E-state index in [0.29, 0.717) is 16.3 Å². The Morgan fingerprint density at radius 2 is 2.13 bits per heavy atom. The molecule has 82 valence electrons. The number of rotatable bonds is 4. The second-order valence-electron chi connectivity index (χ2n) is 3.37. The first-order chi connectivity index (χ1) is 7.04. The van der Waals surface area contributed by atoms with E-state index < -0.39 is 0 Å². The van der Waals surface area contributed by atoms with Crippen molar-refractivity contribution < 1.29 is 9.53 Å². The molecule has 4 heteroatoms. The zero-order chi connectivity index (χ0) is 11.4. The van der Waals surface area contributed by atoms with Crippen molar-refractivity contribution in [2.75, 3.05) is 5.88 Å². The first-order valence-electron chi connectivity index (χ1n) is 4.60. The minimum Gasteiger partial charge on any atom is -0.491 e. The Bertz CT molecular complexity index is 362. The van der Waals surface area contributed by atoms with Crippen LogP contribution in [0.5, 0.6) is 5.75 Å². The third kappa shape index (κ3) is 3.40. The lowest BCUT2D eigenvalue weighted by molar-refractivity contribution is 0.102. The van der Waals surface area contributed by atoms with Gasteiger partial charge in [0.1, 0.15) is 5.75 Å². The molecule has 0 saturated carbocycles. The van der Waals surface area contributed by atoms with Gasteiger partial charge in [-0.15, -0.1) is 11.6 Å². The Morgan fingerprint density at radius 3 is 2.60 bits per heavy atom. The van der Waals surface area contributed by atoms with E-state index in [1.165, 1.54) is 0 Å². The monoisotopic (exact) mass is 246 g/mol. The maximum absolute atomic E-state index is 11.3. The Kier molecular flexibility index (Phi) is 4.43. The Labute approximate surface area is 99.1 Å². The lowest BCUT2D eigenvalue weighted by Gasteiger charge is -2.10. The highest BCUT2D eigenvalue weighted by Gasteiger charge is 2.10. The van der Waals surface area contributed by atoms with Crippen LogP contribution in [0.4, 0.5) is 0 Å². The smallest absolute Gasteiger partial charge is 0.179 e. The van der Waals surface area contributed by atoms with Gasteiger partial charge in [0, 0.05) is 5.56 Å². The van der Waals surface area contributed by atoms with E-state index in [2.05, 4.69) is 0 Å². The van der Waals surface area contributed by atoms with Gasteiger partial charge in [0.15, 0.2) is 5.78 Å². The number of Topliss-reactive ketones (excluding diaryl/α,β-unsaturated/α-hetero) is 1. The van der Waals surface area contributed by atoms with Gasteiger partial charge < -0.3 is 4.74 Å². The Morgan fingerprint density at radius 1 is 1.47 bits per heavy atom. The molecule has 2 nitrogen and oxygen atoms in total. The number of hydrogen-bond acceptors (Lipinski definition) is 2. The summed E-state index contributed by atoms with van der Waals surface area (Å²) < 4.78 is 5.43. The quantitative estimate of drug-likeness (QED) is 0.600. The topological polar surface area (TPSA) is 26.3 Å². The fraction of sp³-hybridized carbons (Fsp3) is 0.364. The van der Waals surface area contributed by atoms with Gasteiger partial charge >= 0.3 is 0 Å². The van der Waals surface area contributed by atoms with Crippen molar-refractivity contribution in [2.45, 2.75) is 20.0 Å². The number of ketones is 1. The van der Waals surface area contributed by atoms with Crippen molar-refractivity contribution in [3.63, 3.8) is 0 Å². The van der Waals surface area contributed by atoms with Gasteiger partial charge in [-0.3, -0.25) is 4.79 Å². The van der Waals surface area contributed by atoms with Crippen LogP contribution >= 0.6 is 23.2 Å². The van der Waals surface area contributed by atoms with E-state index in [0.717, 1.165) is 0 Å². The number of carbonyl (C=O) groups excluding carboxylic acids is 1. The fourth-order valence-corrected chi connectivity index (χ4v) is 1.56. The molecule has 0 N–H and O–H groups in total. The first-order valence-corrected chi connectivity index (χ1v) is 5.51. The Balaban J connectivity index is 2.93. The maximum atomic E-state index is 11.3. The Hall–Kier alpha value is -0.730. The van der Waals surface area contributed by atoms with Gasteiger partial charge in [0.2, 0.25) is 0 Å². The molecule has 0 amide bonds. The number of alkyl halides is 1. The van der Waals surface area contributed by atoms with Crippen LogP contribution in [0.1, 0.15) is 24.2 Å². The molecule has 1 aromatic rings. The molecule has 0 radical (unpaired) electrons. The van der Waals surface area contributed by atoms with Crippen LogP contribution in [-0.2, 0) is 0 Å². The van der Waals surface area contributed by atoms with E-state index in [1.54, 1.807) is 18.2 Å². The standard InChI is InChI=1S/C11H12Cl2O2/c1-7(2)15-8-3-4-9(10(13)5-8)11(14)6-12/h3-5,7H,6H2,1-2H3. The summed E-state index contributed by atoms with van der Waals surface area (Å²) in [6.45, 7) is 3.84. The molecule has 0 bridgehead atoms. The number of benzene rings is 1. The minimum atomic E-state index is -0.183. The average molecular weight is 247 g/mol. The summed E-state index contributed by atoms with van der Waals surface area (Å²) in [6, 6.07) is 4.97. The highest BCUT2D eigenvalue weighted by molar-refractivity contribution is 6.37. The fourth-order valence-electron chi connectivity index (χ4n) is 1.14. The number of carbonyl (C=O) groups is 1. The van der Waals surface area contributed by atoms with Crippen LogP contribution in [0.15, 0.2) is 18.2 Å². The summed E-state index contributed by atoms with van der Waals surface area (Å²) >= 11 is 11.4. The molecule has 0 unspecified atom stereocenters. The molecule has 0 heterocycles. The molecule has 0 atom stereocenters. The highest BCUT2D eigenvalue weighted by Crippen LogP contribution is 2.23. The summed E-state index contributed by atoms with van der Waals surface area (Å²) in [5.41, 5.74) is 0.433. The molecular weight excluding hydrogens is 235 g/mol. The zero-order valence-corrected chi connectivity index (χ0v) is 10.1. The molecule has 0 aromatic heterocycles. The van der Waals surface area contributed by atoms with Gasteiger partial charge in [0.25, 0.3) is 0 Å². The predicted molar refractivity (Wildman–Crippen MR) is 62.3 cm³/mol. The van der Waals surface area contributed by atoms with Crippen LogP contribution in [0, 0.1) is 0 Å². The molecule has 1 aromatic carbocycles. The van der Waals surface area contributed by atoms with Gasteiger partial charge in [0.05, 0.1) is 17.0 Å². The molecule has 0 aliphatic rings. The van der Waals surface area contributed by atoms with Crippen molar-refractivity contribution in [3.8, 4) is 5.75 Å². The van der Waals surface area contributed by atoms with Crippen LogP contribution in [0.2, 0.25) is 5.02 Å². The average Bonchev–Trinajstić information content (AvgIpc) is 2.16. The zero-order valence-electron chi connectivity index (χ0n) is 8.59. The SMILES string of the molecule is CC(C)Oc1ccc(C(=O)CCl)c(Cl)c1. The lowest BCUT2D eigenvalue weighted by atomic mass is 10.1. The van der Waals surface area contributed by atoms with E-state index in [9.17, 15) is 4.79 Å². The molecule has 0 spiro atoms.